The highest BCUT2D eigenvalue weighted by Crippen LogP contribution is 2.30. The maximum absolute atomic E-state index is 12.5. The molecule has 9 heteroatoms. The molecule has 0 heterocycles. The number of benzene rings is 2. The first-order valence-corrected chi connectivity index (χ1v) is 7.98. The Morgan fingerprint density at radius 3 is 2.31 bits per heavy atom. The molecule has 1 N–H and O–H groups in total. The number of anilines is 1. The number of ether oxygens (including phenoxy) is 2. The highest BCUT2D eigenvalue weighted by Gasteiger charge is 2.29. The summed E-state index contributed by atoms with van der Waals surface area (Å²) in [6.07, 6.45) is -4.44. The monoisotopic (exact) mass is 431 g/mol. The van der Waals surface area contributed by atoms with E-state index in [1.54, 1.807) is 0 Å². The smallest absolute Gasteiger partial charge is 0.416 e. The van der Waals surface area contributed by atoms with Gasteiger partial charge in [0, 0.05) is 5.69 Å². The Bertz CT molecular complexity index is 807. The summed E-state index contributed by atoms with van der Waals surface area (Å²) in [4.78, 5) is 23.3. The van der Waals surface area contributed by atoms with Gasteiger partial charge >= 0.3 is 12.1 Å². The molecule has 2 rings (SSSR count). The minimum absolute atomic E-state index is 0.215. The molecule has 5 nitrogen and oxygen atoms in total. The molecule has 138 valence electrons. The van der Waals surface area contributed by atoms with E-state index in [1.165, 1.54) is 25.3 Å². The standard InChI is InChI=1S/C17H13BrF3NO4/c1-25-16(24)10-2-7-14(13(18)8-10)26-9-15(23)22-12-5-3-11(4-6-12)17(19,20)21/h2-8H,9H2,1H3,(H,22,23). The molecule has 0 fully saturated rings. The molecule has 0 aromatic heterocycles. The molecular weight excluding hydrogens is 419 g/mol. The van der Waals surface area contributed by atoms with Crippen LogP contribution in [0.2, 0.25) is 0 Å². The van der Waals surface area contributed by atoms with Crippen molar-refractivity contribution < 1.29 is 32.2 Å². The largest absolute Gasteiger partial charge is 0.483 e. The molecule has 0 saturated heterocycles. The Kier molecular flexibility index (Phi) is 6.25. The number of hydrogen-bond donors (Lipinski definition) is 1. The number of amides is 1. The van der Waals surface area contributed by atoms with Crippen molar-refractivity contribution >= 4 is 33.5 Å². The van der Waals surface area contributed by atoms with Crippen LogP contribution in [-0.4, -0.2) is 25.6 Å². The maximum atomic E-state index is 12.5. The van der Waals surface area contributed by atoms with Crippen LogP contribution >= 0.6 is 15.9 Å². The third-order valence-electron chi connectivity index (χ3n) is 3.21. The van der Waals surface area contributed by atoms with Gasteiger partial charge in [0.25, 0.3) is 5.91 Å². The first-order valence-electron chi connectivity index (χ1n) is 7.18. The normalized spacial score (nSPS) is 11.0. The molecule has 0 spiro atoms. The summed E-state index contributed by atoms with van der Waals surface area (Å²) in [5, 5.41) is 2.43. The van der Waals surface area contributed by atoms with E-state index in [-0.39, 0.29) is 12.3 Å². The van der Waals surface area contributed by atoms with Crippen molar-refractivity contribution in [2.45, 2.75) is 6.18 Å². The molecule has 2 aromatic carbocycles. The molecule has 0 aliphatic carbocycles. The van der Waals surface area contributed by atoms with Crippen molar-refractivity contribution in [2.24, 2.45) is 0 Å². The summed E-state index contributed by atoms with van der Waals surface area (Å²) in [5.74, 6) is -0.744. The van der Waals surface area contributed by atoms with Crippen LogP contribution in [0.5, 0.6) is 5.75 Å². The fourth-order valence-corrected chi connectivity index (χ4v) is 2.44. The first-order chi connectivity index (χ1) is 12.2. The van der Waals surface area contributed by atoms with Crippen LogP contribution in [-0.2, 0) is 15.7 Å². The van der Waals surface area contributed by atoms with E-state index in [4.69, 9.17) is 4.74 Å². The molecule has 0 unspecified atom stereocenters. The van der Waals surface area contributed by atoms with Gasteiger partial charge in [-0.3, -0.25) is 4.79 Å². The number of alkyl halides is 3. The third kappa shape index (κ3) is 5.22. The van der Waals surface area contributed by atoms with Gasteiger partial charge < -0.3 is 14.8 Å². The number of esters is 1. The molecule has 0 radical (unpaired) electrons. The summed E-state index contributed by atoms with van der Waals surface area (Å²) in [6.45, 7) is -0.364. The fraction of sp³-hybridized carbons (Fsp3) is 0.176. The highest BCUT2D eigenvalue weighted by molar-refractivity contribution is 9.10. The van der Waals surface area contributed by atoms with E-state index in [1.807, 2.05) is 0 Å². The second-order valence-corrected chi connectivity index (χ2v) is 5.90. The zero-order valence-electron chi connectivity index (χ0n) is 13.4. The van der Waals surface area contributed by atoms with Gasteiger partial charge in [-0.25, -0.2) is 4.79 Å². The predicted molar refractivity (Wildman–Crippen MR) is 91.1 cm³/mol. The van der Waals surface area contributed by atoms with Crippen LogP contribution in [0.25, 0.3) is 0 Å². The Balaban J connectivity index is 1.93. The highest BCUT2D eigenvalue weighted by atomic mass is 79.9. The lowest BCUT2D eigenvalue weighted by molar-refractivity contribution is -0.137. The van der Waals surface area contributed by atoms with E-state index in [9.17, 15) is 22.8 Å². The lowest BCUT2D eigenvalue weighted by atomic mass is 10.2. The van der Waals surface area contributed by atoms with Gasteiger partial charge in [-0.1, -0.05) is 0 Å². The number of rotatable bonds is 5. The van der Waals surface area contributed by atoms with Crippen molar-refractivity contribution in [3.8, 4) is 5.75 Å². The fourth-order valence-electron chi connectivity index (χ4n) is 1.95. The van der Waals surface area contributed by atoms with Gasteiger partial charge in [-0.05, 0) is 58.4 Å². The van der Waals surface area contributed by atoms with Gasteiger partial charge in [0.15, 0.2) is 6.61 Å². The Morgan fingerprint density at radius 1 is 1.12 bits per heavy atom. The van der Waals surface area contributed by atoms with Crippen molar-refractivity contribution in [1.29, 1.82) is 0 Å². The molecule has 0 atom stereocenters. The third-order valence-corrected chi connectivity index (χ3v) is 3.83. The first kappa shape index (κ1) is 19.8. The van der Waals surface area contributed by atoms with Crippen LogP contribution in [0.4, 0.5) is 18.9 Å². The van der Waals surface area contributed by atoms with Crippen LogP contribution in [0.15, 0.2) is 46.9 Å². The van der Waals surface area contributed by atoms with Crippen molar-refractivity contribution in [2.75, 3.05) is 19.0 Å². The molecule has 0 aliphatic heterocycles. The number of hydrogen-bond acceptors (Lipinski definition) is 4. The molecule has 0 saturated carbocycles. The Hall–Kier alpha value is -2.55. The van der Waals surface area contributed by atoms with E-state index < -0.39 is 23.6 Å². The minimum Gasteiger partial charge on any atom is -0.483 e. The number of carbonyl (C=O) groups is 2. The topological polar surface area (TPSA) is 64.6 Å². The average Bonchev–Trinajstić information content (AvgIpc) is 2.59. The average molecular weight is 432 g/mol. The summed E-state index contributed by atoms with van der Waals surface area (Å²) in [6, 6.07) is 8.50. The van der Waals surface area contributed by atoms with Crippen LogP contribution in [0, 0.1) is 0 Å². The zero-order chi connectivity index (χ0) is 19.3. The quantitative estimate of drug-likeness (QED) is 0.717. The van der Waals surface area contributed by atoms with Crippen molar-refractivity contribution in [3.63, 3.8) is 0 Å². The Labute approximate surface area is 155 Å². The van der Waals surface area contributed by atoms with Crippen LogP contribution < -0.4 is 10.1 Å². The second-order valence-electron chi connectivity index (χ2n) is 5.05. The lowest BCUT2D eigenvalue weighted by Gasteiger charge is -2.11. The van der Waals surface area contributed by atoms with Crippen molar-refractivity contribution in [1.82, 2.24) is 0 Å². The maximum Gasteiger partial charge on any atom is 0.416 e. The molecule has 0 aliphatic rings. The molecule has 26 heavy (non-hydrogen) atoms. The van der Waals surface area contributed by atoms with Gasteiger partial charge in [0.05, 0.1) is 22.7 Å². The van der Waals surface area contributed by atoms with Crippen molar-refractivity contribution in [3.05, 3.63) is 58.1 Å². The van der Waals surface area contributed by atoms with Gasteiger partial charge in [0.2, 0.25) is 0 Å². The lowest BCUT2D eigenvalue weighted by Crippen LogP contribution is -2.20. The molecular formula is C17H13BrF3NO4. The van der Waals surface area contributed by atoms with E-state index in [0.29, 0.717) is 15.8 Å². The van der Waals surface area contributed by atoms with Gasteiger partial charge in [-0.2, -0.15) is 13.2 Å². The van der Waals surface area contributed by atoms with Crippen LogP contribution in [0.1, 0.15) is 15.9 Å². The second kappa shape index (κ2) is 8.22. The summed E-state index contributed by atoms with van der Waals surface area (Å²) in [5.41, 5.74) is -0.283. The summed E-state index contributed by atoms with van der Waals surface area (Å²) < 4.78 is 47.8. The molecule has 2 aromatic rings. The number of methoxy groups -OCH3 is 1. The number of halogens is 4. The SMILES string of the molecule is COC(=O)c1ccc(OCC(=O)Nc2ccc(C(F)(F)F)cc2)c(Br)c1. The predicted octanol–water partition coefficient (Wildman–Crippen LogP) is 4.27. The van der Waals surface area contributed by atoms with E-state index in [2.05, 4.69) is 26.0 Å². The van der Waals surface area contributed by atoms with Gasteiger partial charge in [0.1, 0.15) is 5.75 Å². The summed E-state index contributed by atoms with van der Waals surface area (Å²) in [7, 11) is 1.26. The minimum atomic E-state index is -4.44. The number of carbonyl (C=O) groups excluding carboxylic acids is 2. The Morgan fingerprint density at radius 2 is 1.77 bits per heavy atom. The van der Waals surface area contributed by atoms with Gasteiger partial charge in [-0.15, -0.1) is 0 Å². The molecule has 0 bridgehead atoms. The number of nitrogens with one attached hydrogen (secondary N) is 1. The van der Waals surface area contributed by atoms with E-state index >= 15 is 0 Å². The zero-order valence-corrected chi connectivity index (χ0v) is 15.0. The molecule has 1 amide bonds. The summed E-state index contributed by atoms with van der Waals surface area (Å²) >= 11 is 3.22. The van der Waals surface area contributed by atoms with Crippen LogP contribution in [0.3, 0.4) is 0 Å². The van der Waals surface area contributed by atoms with E-state index in [0.717, 1.165) is 24.3 Å².